The Labute approximate surface area is 120 Å². The number of para-hydroxylation sites is 1. The van der Waals surface area contributed by atoms with Gasteiger partial charge < -0.3 is 10.1 Å². The first-order valence-corrected chi connectivity index (χ1v) is 7.76. The Morgan fingerprint density at radius 1 is 1.33 bits per heavy atom. The molecule has 9 heteroatoms. The first kappa shape index (κ1) is 17.3. The molecule has 1 N–H and O–H groups in total. The van der Waals surface area contributed by atoms with Gasteiger partial charge in [0.15, 0.2) is 9.84 Å². The van der Waals surface area contributed by atoms with Crippen molar-refractivity contribution in [2.24, 2.45) is 0 Å². The second-order valence-corrected chi connectivity index (χ2v) is 6.71. The number of hydrogen-bond acceptors (Lipinski definition) is 4. The average Bonchev–Trinajstić information content (AvgIpc) is 2.33. The Morgan fingerprint density at radius 3 is 2.43 bits per heavy atom. The van der Waals surface area contributed by atoms with Crippen molar-refractivity contribution in [1.82, 2.24) is 5.32 Å². The van der Waals surface area contributed by atoms with Gasteiger partial charge in [-0.25, -0.2) is 8.42 Å². The number of carbonyl (C=O) groups excluding carboxylic acids is 1. The van der Waals surface area contributed by atoms with Gasteiger partial charge in [-0.15, -0.1) is 13.2 Å². The number of ether oxygens (including phenoxy) is 1. The molecule has 1 rings (SSSR count). The summed E-state index contributed by atoms with van der Waals surface area (Å²) < 4.78 is 62.9. The standard InChI is InChI=1S/C12H14F3NO4S/c1-8(21(2,18)19)11(17)16-7-9-5-3-4-6-10(9)20-12(13,14)15/h3-6,8H,7H2,1-2H3,(H,16,17)/t8-/m1/s1. The molecule has 0 aliphatic rings. The van der Waals surface area contributed by atoms with Gasteiger partial charge in [-0.1, -0.05) is 18.2 Å². The number of alkyl halides is 3. The van der Waals surface area contributed by atoms with E-state index in [1.54, 1.807) is 0 Å². The molecule has 5 nitrogen and oxygen atoms in total. The molecule has 118 valence electrons. The molecule has 1 aromatic carbocycles. The van der Waals surface area contributed by atoms with Gasteiger partial charge in [0.05, 0.1) is 0 Å². The van der Waals surface area contributed by atoms with E-state index in [9.17, 15) is 26.4 Å². The molecular weight excluding hydrogens is 311 g/mol. The number of benzene rings is 1. The summed E-state index contributed by atoms with van der Waals surface area (Å²) in [5.41, 5.74) is 0.0869. The minimum Gasteiger partial charge on any atom is -0.405 e. The fourth-order valence-electron chi connectivity index (χ4n) is 1.39. The molecule has 0 saturated carbocycles. The van der Waals surface area contributed by atoms with Crippen LogP contribution in [0.5, 0.6) is 5.75 Å². The molecule has 0 fully saturated rings. The van der Waals surface area contributed by atoms with Crippen LogP contribution < -0.4 is 10.1 Å². The van der Waals surface area contributed by atoms with Gasteiger partial charge in [-0.05, 0) is 13.0 Å². The predicted molar refractivity (Wildman–Crippen MR) is 69.3 cm³/mol. The zero-order valence-corrected chi connectivity index (χ0v) is 12.1. The highest BCUT2D eigenvalue weighted by Gasteiger charge is 2.32. The van der Waals surface area contributed by atoms with Gasteiger partial charge in [-0.3, -0.25) is 4.79 Å². The second kappa shape index (κ2) is 6.33. The van der Waals surface area contributed by atoms with E-state index in [2.05, 4.69) is 10.1 Å². The van der Waals surface area contributed by atoms with Crippen molar-refractivity contribution in [2.45, 2.75) is 25.1 Å². The number of amides is 1. The highest BCUT2D eigenvalue weighted by Crippen LogP contribution is 2.26. The summed E-state index contributed by atoms with van der Waals surface area (Å²) in [6.07, 6.45) is -3.95. The fourth-order valence-corrected chi connectivity index (χ4v) is 1.87. The van der Waals surface area contributed by atoms with Crippen LogP contribution in [0.4, 0.5) is 13.2 Å². The summed E-state index contributed by atoms with van der Waals surface area (Å²) in [6.45, 7) is 0.924. The third-order valence-corrected chi connectivity index (χ3v) is 4.16. The van der Waals surface area contributed by atoms with E-state index in [4.69, 9.17) is 0 Å². The molecule has 0 heterocycles. The molecule has 0 saturated heterocycles. The van der Waals surface area contributed by atoms with Gasteiger partial charge >= 0.3 is 6.36 Å². The molecule has 0 spiro atoms. The van der Waals surface area contributed by atoms with Crippen LogP contribution in [-0.2, 0) is 21.2 Å². The van der Waals surface area contributed by atoms with E-state index in [0.717, 1.165) is 12.3 Å². The zero-order valence-electron chi connectivity index (χ0n) is 11.3. The lowest BCUT2D eigenvalue weighted by molar-refractivity contribution is -0.274. The number of carbonyl (C=O) groups is 1. The average molecular weight is 325 g/mol. The molecule has 0 radical (unpaired) electrons. The minimum absolute atomic E-state index is 0.0869. The fraction of sp³-hybridized carbons (Fsp3) is 0.417. The van der Waals surface area contributed by atoms with Crippen molar-refractivity contribution >= 4 is 15.7 Å². The van der Waals surface area contributed by atoms with Crippen molar-refractivity contribution in [1.29, 1.82) is 0 Å². The molecule has 0 unspecified atom stereocenters. The number of nitrogens with one attached hydrogen (secondary N) is 1. The lowest BCUT2D eigenvalue weighted by Gasteiger charge is -2.14. The topological polar surface area (TPSA) is 72.5 Å². The van der Waals surface area contributed by atoms with Gasteiger partial charge in [0.1, 0.15) is 11.0 Å². The Morgan fingerprint density at radius 2 is 1.90 bits per heavy atom. The van der Waals surface area contributed by atoms with Crippen LogP contribution in [0.1, 0.15) is 12.5 Å². The number of halogens is 3. The second-order valence-electron chi connectivity index (χ2n) is 4.35. The SMILES string of the molecule is C[C@H](C(=O)NCc1ccccc1OC(F)(F)F)S(C)(=O)=O. The molecule has 0 aliphatic carbocycles. The predicted octanol–water partition coefficient (Wildman–Crippen LogP) is 1.63. The highest BCUT2D eigenvalue weighted by molar-refractivity contribution is 7.92. The molecule has 1 atom stereocenters. The van der Waals surface area contributed by atoms with Crippen molar-refractivity contribution in [3.63, 3.8) is 0 Å². The normalized spacial score (nSPS) is 13.6. The molecular formula is C12H14F3NO4S. The third-order valence-electron chi connectivity index (χ3n) is 2.66. The van der Waals surface area contributed by atoms with Crippen LogP contribution in [0.25, 0.3) is 0 Å². The van der Waals surface area contributed by atoms with Crippen LogP contribution >= 0.6 is 0 Å². The van der Waals surface area contributed by atoms with Crippen molar-refractivity contribution in [3.05, 3.63) is 29.8 Å². The lowest BCUT2D eigenvalue weighted by Crippen LogP contribution is -2.37. The summed E-state index contributed by atoms with van der Waals surface area (Å²) in [5.74, 6) is -1.24. The lowest BCUT2D eigenvalue weighted by atomic mass is 10.2. The van der Waals surface area contributed by atoms with Crippen LogP contribution in [0, 0.1) is 0 Å². The number of hydrogen-bond donors (Lipinski definition) is 1. The monoisotopic (exact) mass is 325 g/mol. The Kier molecular flexibility index (Phi) is 5.21. The van der Waals surface area contributed by atoms with Gasteiger partial charge in [0.25, 0.3) is 0 Å². The Bertz CT molecular complexity index is 613. The maximum absolute atomic E-state index is 12.2. The molecule has 0 aliphatic heterocycles. The summed E-state index contributed by atoms with van der Waals surface area (Å²) in [4.78, 5) is 11.6. The first-order valence-electron chi connectivity index (χ1n) is 5.81. The van der Waals surface area contributed by atoms with E-state index in [1.807, 2.05) is 0 Å². The van der Waals surface area contributed by atoms with Crippen molar-refractivity contribution in [2.75, 3.05) is 6.26 Å². The van der Waals surface area contributed by atoms with Gasteiger partial charge in [0, 0.05) is 18.4 Å². The molecule has 1 amide bonds. The molecule has 0 aromatic heterocycles. The summed E-state index contributed by atoms with van der Waals surface area (Å²) in [5, 5.41) is 0.982. The highest BCUT2D eigenvalue weighted by atomic mass is 32.2. The van der Waals surface area contributed by atoms with Crippen molar-refractivity contribution in [3.8, 4) is 5.75 Å². The van der Waals surface area contributed by atoms with E-state index in [1.165, 1.54) is 25.1 Å². The minimum atomic E-state index is -4.85. The maximum Gasteiger partial charge on any atom is 0.573 e. The number of sulfone groups is 1. The smallest absolute Gasteiger partial charge is 0.405 e. The molecule has 1 aromatic rings. The van der Waals surface area contributed by atoms with E-state index >= 15 is 0 Å². The van der Waals surface area contributed by atoms with Crippen LogP contribution in [0.2, 0.25) is 0 Å². The number of rotatable bonds is 5. The van der Waals surface area contributed by atoms with Crippen molar-refractivity contribution < 1.29 is 31.1 Å². The van der Waals surface area contributed by atoms with Gasteiger partial charge in [-0.2, -0.15) is 0 Å². The molecule has 0 bridgehead atoms. The third kappa shape index (κ3) is 5.62. The van der Waals surface area contributed by atoms with Crippen LogP contribution in [0.15, 0.2) is 24.3 Å². The van der Waals surface area contributed by atoms with Crippen LogP contribution in [-0.4, -0.2) is 32.2 Å². The van der Waals surface area contributed by atoms with E-state index in [-0.39, 0.29) is 12.1 Å². The maximum atomic E-state index is 12.2. The largest absolute Gasteiger partial charge is 0.573 e. The Balaban J connectivity index is 2.79. The van der Waals surface area contributed by atoms with E-state index < -0.39 is 33.1 Å². The quantitative estimate of drug-likeness (QED) is 0.893. The van der Waals surface area contributed by atoms with Crippen LogP contribution in [0.3, 0.4) is 0 Å². The first-order chi connectivity index (χ1) is 9.50. The Hall–Kier alpha value is -1.77. The van der Waals surface area contributed by atoms with E-state index in [0.29, 0.717) is 0 Å². The summed E-state index contributed by atoms with van der Waals surface area (Å²) >= 11 is 0. The van der Waals surface area contributed by atoms with Gasteiger partial charge in [0.2, 0.25) is 5.91 Å². The summed E-state index contributed by atoms with van der Waals surface area (Å²) in [6, 6.07) is 5.28. The molecule has 21 heavy (non-hydrogen) atoms. The zero-order chi connectivity index (χ0) is 16.3. The summed E-state index contributed by atoms with van der Waals surface area (Å²) in [7, 11) is -3.57.